The standard InChI is InChI=1S/C21H27O6P/c1-8-9-28(20-16(24-4)10-14(22-2)11-17(20)25-5)21-18(26-6)12-15(23-3)13-19(21)27-7/h8,10-13H,1,9H2,2-7H3. The first-order valence-corrected chi connectivity index (χ1v) is 10.1. The zero-order chi connectivity index (χ0) is 20.7. The van der Waals surface area contributed by atoms with E-state index in [9.17, 15) is 0 Å². The highest BCUT2D eigenvalue weighted by molar-refractivity contribution is 7.74. The molecule has 6 nitrogen and oxygen atoms in total. The molecule has 0 amide bonds. The van der Waals surface area contributed by atoms with Crippen LogP contribution in [-0.4, -0.2) is 48.8 Å². The van der Waals surface area contributed by atoms with E-state index in [2.05, 4.69) is 6.58 Å². The van der Waals surface area contributed by atoms with Gasteiger partial charge in [-0.3, -0.25) is 0 Å². The molecule has 0 heterocycles. The lowest BCUT2D eigenvalue weighted by Gasteiger charge is -2.26. The van der Waals surface area contributed by atoms with Crippen molar-refractivity contribution in [3.8, 4) is 34.5 Å². The second kappa shape index (κ2) is 10.1. The van der Waals surface area contributed by atoms with Crippen LogP contribution < -0.4 is 39.0 Å². The summed E-state index contributed by atoms with van der Waals surface area (Å²) < 4.78 is 33.5. The molecule has 0 aromatic heterocycles. The second-order valence-electron chi connectivity index (χ2n) is 5.66. The van der Waals surface area contributed by atoms with E-state index in [0.29, 0.717) is 40.7 Å². The Bertz CT molecular complexity index is 707. The highest BCUT2D eigenvalue weighted by Gasteiger charge is 2.29. The van der Waals surface area contributed by atoms with Crippen molar-refractivity contribution < 1.29 is 28.4 Å². The fourth-order valence-corrected chi connectivity index (χ4v) is 5.46. The van der Waals surface area contributed by atoms with E-state index in [4.69, 9.17) is 28.4 Å². The molecule has 28 heavy (non-hydrogen) atoms. The van der Waals surface area contributed by atoms with E-state index in [1.54, 1.807) is 42.7 Å². The van der Waals surface area contributed by atoms with Crippen LogP contribution in [0.25, 0.3) is 0 Å². The number of benzene rings is 2. The van der Waals surface area contributed by atoms with Crippen LogP contribution in [0.1, 0.15) is 0 Å². The molecule has 7 heteroatoms. The van der Waals surface area contributed by atoms with Crippen molar-refractivity contribution in [3.63, 3.8) is 0 Å². The monoisotopic (exact) mass is 406 g/mol. The van der Waals surface area contributed by atoms with E-state index < -0.39 is 7.92 Å². The molecule has 0 bridgehead atoms. The molecule has 2 aromatic rings. The lowest BCUT2D eigenvalue weighted by Crippen LogP contribution is -2.21. The van der Waals surface area contributed by atoms with Gasteiger partial charge in [-0.2, -0.15) is 0 Å². The number of ether oxygens (including phenoxy) is 6. The van der Waals surface area contributed by atoms with Crippen LogP contribution in [0, 0.1) is 0 Å². The molecule has 0 spiro atoms. The maximum atomic E-state index is 5.69. The Morgan fingerprint density at radius 2 is 0.964 bits per heavy atom. The number of hydrogen-bond donors (Lipinski definition) is 0. The second-order valence-corrected chi connectivity index (χ2v) is 7.78. The molecule has 0 aliphatic carbocycles. The summed E-state index contributed by atoms with van der Waals surface area (Å²) in [4.78, 5) is 0. The Morgan fingerprint density at radius 3 is 1.18 bits per heavy atom. The maximum absolute atomic E-state index is 5.69. The third-order valence-electron chi connectivity index (χ3n) is 4.23. The topological polar surface area (TPSA) is 55.4 Å². The largest absolute Gasteiger partial charge is 0.496 e. The van der Waals surface area contributed by atoms with E-state index in [1.165, 1.54) is 0 Å². The fourth-order valence-electron chi connectivity index (χ4n) is 2.93. The summed E-state index contributed by atoms with van der Waals surface area (Å²) in [7, 11) is 8.70. The first-order chi connectivity index (χ1) is 13.6. The summed E-state index contributed by atoms with van der Waals surface area (Å²) in [5.41, 5.74) is 0. The average molecular weight is 406 g/mol. The maximum Gasteiger partial charge on any atom is 0.134 e. The predicted octanol–water partition coefficient (Wildman–Crippen LogP) is 3.36. The molecule has 0 aliphatic heterocycles. The van der Waals surface area contributed by atoms with E-state index in [-0.39, 0.29) is 0 Å². The summed E-state index contributed by atoms with van der Waals surface area (Å²) in [5, 5.41) is 1.84. The van der Waals surface area contributed by atoms with Crippen LogP contribution in [0.3, 0.4) is 0 Å². The van der Waals surface area contributed by atoms with Gasteiger partial charge in [0.25, 0.3) is 0 Å². The van der Waals surface area contributed by atoms with Crippen LogP contribution in [0.15, 0.2) is 36.9 Å². The third-order valence-corrected chi connectivity index (χ3v) is 6.81. The molecule has 0 fully saturated rings. The van der Waals surface area contributed by atoms with Crippen molar-refractivity contribution >= 4 is 18.5 Å². The van der Waals surface area contributed by atoms with Gasteiger partial charge in [-0.25, -0.2) is 0 Å². The fraction of sp³-hybridized carbons (Fsp3) is 0.333. The summed E-state index contributed by atoms with van der Waals surface area (Å²) >= 11 is 0. The van der Waals surface area contributed by atoms with Crippen LogP contribution in [0.2, 0.25) is 0 Å². The van der Waals surface area contributed by atoms with Crippen molar-refractivity contribution in [1.29, 1.82) is 0 Å². The van der Waals surface area contributed by atoms with Gasteiger partial charge in [0.05, 0.1) is 53.3 Å². The third kappa shape index (κ3) is 4.28. The molecule has 0 saturated heterocycles. The number of hydrogen-bond acceptors (Lipinski definition) is 6. The quantitative estimate of drug-likeness (QED) is 0.446. The minimum absolute atomic E-state index is 0.652. The first kappa shape index (κ1) is 21.7. The molecule has 0 atom stereocenters. The van der Waals surface area contributed by atoms with Crippen LogP contribution in [0.5, 0.6) is 34.5 Å². The molecule has 0 N–H and O–H groups in total. The van der Waals surface area contributed by atoms with Crippen molar-refractivity contribution in [2.45, 2.75) is 0 Å². The first-order valence-electron chi connectivity index (χ1n) is 8.56. The Balaban J connectivity index is 2.82. The van der Waals surface area contributed by atoms with Crippen molar-refractivity contribution in [2.24, 2.45) is 0 Å². The van der Waals surface area contributed by atoms with E-state index >= 15 is 0 Å². The zero-order valence-electron chi connectivity index (χ0n) is 17.2. The molecular formula is C21H27O6P. The van der Waals surface area contributed by atoms with Crippen molar-refractivity contribution in [3.05, 3.63) is 36.9 Å². The average Bonchev–Trinajstić information content (AvgIpc) is 2.75. The molecule has 0 radical (unpaired) electrons. The van der Waals surface area contributed by atoms with Crippen LogP contribution in [0.4, 0.5) is 0 Å². The van der Waals surface area contributed by atoms with Crippen LogP contribution in [-0.2, 0) is 0 Å². The Kier molecular flexibility index (Phi) is 7.82. The summed E-state index contributed by atoms with van der Waals surface area (Å²) in [6.07, 6.45) is 2.55. The van der Waals surface area contributed by atoms with Gasteiger partial charge < -0.3 is 28.4 Å². The Hall–Kier alpha value is -2.59. The van der Waals surface area contributed by atoms with E-state index in [1.807, 2.05) is 30.3 Å². The minimum Gasteiger partial charge on any atom is -0.496 e. The molecule has 0 aliphatic rings. The highest BCUT2D eigenvalue weighted by atomic mass is 31.1. The smallest absolute Gasteiger partial charge is 0.134 e. The van der Waals surface area contributed by atoms with Crippen molar-refractivity contribution in [2.75, 3.05) is 48.8 Å². The molecule has 0 saturated carbocycles. The predicted molar refractivity (Wildman–Crippen MR) is 113 cm³/mol. The number of methoxy groups -OCH3 is 6. The zero-order valence-corrected chi connectivity index (χ0v) is 18.1. The molecule has 0 unspecified atom stereocenters. The minimum atomic E-state index is -1.02. The van der Waals surface area contributed by atoms with Crippen molar-refractivity contribution in [1.82, 2.24) is 0 Å². The molecule has 152 valence electrons. The van der Waals surface area contributed by atoms with Gasteiger partial charge in [0.1, 0.15) is 34.5 Å². The van der Waals surface area contributed by atoms with Gasteiger partial charge in [-0.15, -0.1) is 6.58 Å². The van der Waals surface area contributed by atoms with Gasteiger partial charge >= 0.3 is 0 Å². The molecule has 2 rings (SSSR count). The molecular weight excluding hydrogens is 379 g/mol. The van der Waals surface area contributed by atoms with Gasteiger partial charge in [0.2, 0.25) is 0 Å². The lowest BCUT2D eigenvalue weighted by atomic mass is 10.3. The van der Waals surface area contributed by atoms with E-state index in [0.717, 1.165) is 10.6 Å². The number of allylic oxidation sites excluding steroid dienone is 1. The summed E-state index contributed by atoms with van der Waals surface area (Å²) in [6.45, 7) is 3.94. The summed E-state index contributed by atoms with van der Waals surface area (Å²) in [6, 6.07) is 7.38. The van der Waals surface area contributed by atoms with Gasteiger partial charge in [0.15, 0.2) is 0 Å². The Labute approximate surface area is 167 Å². The Morgan fingerprint density at radius 1 is 0.643 bits per heavy atom. The number of rotatable bonds is 10. The van der Waals surface area contributed by atoms with Crippen LogP contribution >= 0.6 is 7.92 Å². The summed E-state index contributed by atoms with van der Waals surface area (Å²) in [5.74, 6) is 3.99. The molecule has 2 aromatic carbocycles. The highest BCUT2D eigenvalue weighted by Crippen LogP contribution is 2.48. The normalized spacial score (nSPS) is 10.4. The van der Waals surface area contributed by atoms with Gasteiger partial charge in [-0.1, -0.05) is 6.08 Å². The van der Waals surface area contributed by atoms with Gasteiger partial charge in [0, 0.05) is 24.3 Å². The lowest BCUT2D eigenvalue weighted by molar-refractivity contribution is 0.379. The van der Waals surface area contributed by atoms with Gasteiger partial charge in [-0.05, 0) is 14.1 Å². The SMILES string of the molecule is C=CCP(c1c(OC)cc(OC)cc1OC)c1c(OC)cc(OC)cc1OC.